The van der Waals surface area contributed by atoms with Gasteiger partial charge in [0.05, 0.1) is 13.7 Å². The Labute approximate surface area is 127 Å². The van der Waals surface area contributed by atoms with Crippen molar-refractivity contribution in [1.82, 2.24) is 20.2 Å². The van der Waals surface area contributed by atoms with E-state index < -0.39 is 0 Å². The lowest BCUT2D eigenvalue weighted by Gasteiger charge is -2.08. The van der Waals surface area contributed by atoms with Gasteiger partial charge in [0.25, 0.3) is 0 Å². The van der Waals surface area contributed by atoms with Gasteiger partial charge in [0.15, 0.2) is 0 Å². The highest BCUT2D eigenvalue weighted by atomic mass is 32.2. The Morgan fingerprint density at radius 3 is 2.95 bits per heavy atom. The number of ether oxygens (including phenoxy) is 1. The Bertz CT molecular complexity index is 660. The molecule has 0 saturated heterocycles. The summed E-state index contributed by atoms with van der Waals surface area (Å²) in [5.41, 5.74) is 1.93. The third-order valence-electron chi connectivity index (χ3n) is 2.69. The van der Waals surface area contributed by atoms with E-state index >= 15 is 0 Å². The maximum Gasteiger partial charge on any atom is 0.209 e. The van der Waals surface area contributed by atoms with Gasteiger partial charge in [0.2, 0.25) is 5.16 Å². The molecular formula is C14H16N4O2S. The first-order valence-electron chi connectivity index (χ1n) is 6.36. The lowest BCUT2D eigenvalue weighted by Crippen LogP contribution is -1.95. The van der Waals surface area contributed by atoms with E-state index in [1.54, 1.807) is 18.8 Å². The Morgan fingerprint density at radius 2 is 2.29 bits per heavy atom. The van der Waals surface area contributed by atoms with E-state index in [1.165, 1.54) is 11.8 Å². The van der Waals surface area contributed by atoms with Crippen molar-refractivity contribution in [3.63, 3.8) is 0 Å². The number of thioether (sulfide) groups is 1. The molecule has 21 heavy (non-hydrogen) atoms. The number of benzene rings is 1. The first kappa shape index (κ1) is 15.4. The number of aryl methyl sites for hydroxylation is 1. The third-order valence-corrected chi connectivity index (χ3v) is 3.75. The molecule has 0 amide bonds. The van der Waals surface area contributed by atoms with Crippen LogP contribution in [0.4, 0.5) is 0 Å². The Balaban J connectivity index is 2.14. The van der Waals surface area contributed by atoms with Gasteiger partial charge in [-0.15, -0.1) is 5.10 Å². The molecule has 1 aromatic carbocycles. The van der Waals surface area contributed by atoms with Crippen molar-refractivity contribution in [2.75, 3.05) is 13.7 Å². The summed E-state index contributed by atoms with van der Waals surface area (Å²) in [5.74, 6) is 7.43. The molecule has 0 aliphatic heterocycles. The van der Waals surface area contributed by atoms with Crippen LogP contribution in [0, 0.1) is 11.8 Å². The molecule has 0 fully saturated rings. The second-order valence-electron chi connectivity index (χ2n) is 4.18. The monoisotopic (exact) mass is 304 g/mol. The minimum atomic E-state index is 0.0744. The highest BCUT2D eigenvalue weighted by Crippen LogP contribution is 2.27. The van der Waals surface area contributed by atoms with E-state index in [0.717, 1.165) is 22.0 Å². The first-order valence-corrected chi connectivity index (χ1v) is 7.35. The fraction of sp³-hybridized carbons (Fsp3) is 0.357. The third kappa shape index (κ3) is 4.21. The molecule has 1 N–H and O–H groups in total. The standard InChI is InChI=1S/C14H16N4O2S/c1-18-14(15-16-17-18)21-10-12-9-11(5-3-4-8-19)6-7-13(12)20-2/h6-7,9,19H,4,8,10H2,1-2H3. The van der Waals surface area contributed by atoms with Crippen LogP contribution < -0.4 is 4.74 Å². The Morgan fingerprint density at radius 1 is 1.43 bits per heavy atom. The fourth-order valence-corrected chi connectivity index (χ4v) is 2.50. The highest BCUT2D eigenvalue weighted by molar-refractivity contribution is 7.98. The van der Waals surface area contributed by atoms with Crippen molar-refractivity contribution in [2.45, 2.75) is 17.3 Å². The largest absolute Gasteiger partial charge is 0.496 e. The topological polar surface area (TPSA) is 73.1 Å². The zero-order valence-electron chi connectivity index (χ0n) is 11.9. The number of methoxy groups -OCH3 is 1. The number of tetrazole rings is 1. The lowest BCUT2D eigenvalue weighted by atomic mass is 10.1. The lowest BCUT2D eigenvalue weighted by molar-refractivity contribution is 0.305. The molecule has 6 nitrogen and oxygen atoms in total. The van der Waals surface area contributed by atoms with E-state index in [9.17, 15) is 0 Å². The average Bonchev–Trinajstić information content (AvgIpc) is 2.91. The second kappa shape index (κ2) is 7.67. The van der Waals surface area contributed by atoms with Crippen LogP contribution in [0.3, 0.4) is 0 Å². The van der Waals surface area contributed by atoms with Crippen LogP contribution in [0.25, 0.3) is 0 Å². The molecule has 1 aromatic heterocycles. The summed E-state index contributed by atoms with van der Waals surface area (Å²) < 4.78 is 6.99. The minimum absolute atomic E-state index is 0.0744. The fourth-order valence-electron chi connectivity index (χ4n) is 1.68. The average molecular weight is 304 g/mol. The molecule has 0 radical (unpaired) electrons. The summed E-state index contributed by atoms with van der Waals surface area (Å²) in [6.07, 6.45) is 0.473. The highest BCUT2D eigenvalue weighted by Gasteiger charge is 2.08. The second-order valence-corrected chi connectivity index (χ2v) is 5.12. The van der Waals surface area contributed by atoms with Crippen LogP contribution in [-0.4, -0.2) is 39.0 Å². The summed E-state index contributed by atoms with van der Waals surface area (Å²) in [6, 6.07) is 5.79. The zero-order valence-corrected chi connectivity index (χ0v) is 12.7. The number of rotatable bonds is 5. The maximum absolute atomic E-state index is 8.75. The van der Waals surface area contributed by atoms with Gasteiger partial charge in [-0.1, -0.05) is 23.6 Å². The van der Waals surface area contributed by atoms with Gasteiger partial charge >= 0.3 is 0 Å². The van der Waals surface area contributed by atoms with Crippen LogP contribution in [0.5, 0.6) is 5.75 Å². The van der Waals surface area contributed by atoms with Crippen molar-refractivity contribution >= 4 is 11.8 Å². The van der Waals surface area contributed by atoms with E-state index in [1.807, 2.05) is 18.2 Å². The molecule has 0 spiro atoms. The molecule has 110 valence electrons. The summed E-state index contributed by atoms with van der Waals surface area (Å²) >= 11 is 1.53. The predicted octanol–water partition coefficient (Wildman–Crippen LogP) is 1.24. The zero-order chi connectivity index (χ0) is 15.1. The minimum Gasteiger partial charge on any atom is -0.496 e. The van der Waals surface area contributed by atoms with Crippen LogP contribution >= 0.6 is 11.8 Å². The van der Waals surface area contributed by atoms with E-state index in [4.69, 9.17) is 9.84 Å². The van der Waals surface area contributed by atoms with Crippen molar-refractivity contribution in [2.24, 2.45) is 7.05 Å². The van der Waals surface area contributed by atoms with Gasteiger partial charge in [-0.2, -0.15) is 0 Å². The van der Waals surface area contributed by atoms with Gasteiger partial charge in [-0.3, -0.25) is 0 Å². The van der Waals surface area contributed by atoms with Crippen LogP contribution in [0.1, 0.15) is 17.5 Å². The van der Waals surface area contributed by atoms with Gasteiger partial charge in [-0.25, -0.2) is 4.68 Å². The van der Waals surface area contributed by atoms with Gasteiger partial charge in [0, 0.05) is 30.3 Å². The number of nitrogens with zero attached hydrogens (tertiary/aromatic N) is 4. The smallest absolute Gasteiger partial charge is 0.209 e. The van der Waals surface area contributed by atoms with Gasteiger partial charge in [-0.05, 0) is 28.6 Å². The molecule has 1 heterocycles. The summed E-state index contributed by atoms with van der Waals surface area (Å²) in [6.45, 7) is 0.0744. The Hall–Kier alpha value is -2.04. The molecule has 2 rings (SSSR count). The first-order chi connectivity index (χ1) is 10.2. The summed E-state index contributed by atoms with van der Waals surface area (Å²) in [4.78, 5) is 0. The molecule has 0 saturated carbocycles. The van der Waals surface area contributed by atoms with Crippen molar-refractivity contribution < 1.29 is 9.84 Å². The summed E-state index contributed by atoms with van der Waals surface area (Å²) in [5, 5.41) is 20.8. The van der Waals surface area contributed by atoms with E-state index in [0.29, 0.717) is 12.2 Å². The molecule has 0 aliphatic carbocycles. The molecule has 0 atom stereocenters. The number of hydrogen-bond donors (Lipinski definition) is 1. The van der Waals surface area contributed by atoms with Crippen LogP contribution in [0.2, 0.25) is 0 Å². The quantitative estimate of drug-likeness (QED) is 0.662. The van der Waals surface area contributed by atoms with E-state index in [-0.39, 0.29) is 6.61 Å². The summed E-state index contributed by atoms with van der Waals surface area (Å²) in [7, 11) is 3.45. The van der Waals surface area contributed by atoms with E-state index in [2.05, 4.69) is 27.4 Å². The SMILES string of the molecule is COc1ccc(C#CCCO)cc1CSc1nnnn1C. The molecule has 0 aliphatic rings. The van der Waals surface area contributed by atoms with Crippen LogP contribution in [0.15, 0.2) is 23.4 Å². The maximum atomic E-state index is 8.75. The normalized spacial score (nSPS) is 10.0. The molecule has 7 heteroatoms. The van der Waals surface area contributed by atoms with Crippen molar-refractivity contribution in [3.05, 3.63) is 29.3 Å². The Kier molecular flexibility index (Phi) is 5.60. The molecule has 0 bridgehead atoms. The predicted molar refractivity (Wildman–Crippen MR) is 79.9 cm³/mol. The number of aliphatic hydroxyl groups is 1. The molecular weight excluding hydrogens is 288 g/mol. The van der Waals surface area contributed by atoms with Crippen molar-refractivity contribution in [3.8, 4) is 17.6 Å². The molecule has 2 aromatic rings. The van der Waals surface area contributed by atoms with Crippen LogP contribution in [-0.2, 0) is 12.8 Å². The number of aromatic nitrogens is 4. The van der Waals surface area contributed by atoms with Gasteiger partial charge < -0.3 is 9.84 Å². The number of hydrogen-bond acceptors (Lipinski definition) is 6. The number of aliphatic hydroxyl groups excluding tert-OH is 1. The molecule has 0 unspecified atom stereocenters. The van der Waals surface area contributed by atoms with Gasteiger partial charge in [0.1, 0.15) is 5.75 Å². The van der Waals surface area contributed by atoms with Crippen molar-refractivity contribution in [1.29, 1.82) is 0 Å².